The molecule has 0 radical (unpaired) electrons. The van der Waals surface area contributed by atoms with Gasteiger partial charge in [-0.05, 0) is 61.6 Å². The highest BCUT2D eigenvalue weighted by molar-refractivity contribution is 7.99. The van der Waals surface area contributed by atoms with Gasteiger partial charge in [-0.3, -0.25) is 0 Å². The van der Waals surface area contributed by atoms with Gasteiger partial charge in [-0.2, -0.15) is 11.8 Å². The van der Waals surface area contributed by atoms with Crippen molar-refractivity contribution in [3.8, 4) is 0 Å². The van der Waals surface area contributed by atoms with Gasteiger partial charge in [0.25, 0.3) is 0 Å². The molecule has 1 fully saturated rings. The van der Waals surface area contributed by atoms with Crippen LogP contribution in [0.3, 0.4) is 0 Å². The van der Waals surface area contributed by atoms with Crippen molar-refractivity contribution in [2.75, 3.05) is 31.3 Å². The summed E-state index contributed by atoms with van der Waals surface area (Å²) in [7, 11) is 0. The van der Waals surface area contributed by atoms with Gasteiger partial charge in [0, 0.05) is 18.9 Å². The molecule has 0 bridgehead atoms. The van der Waals surface area contributed by atoms with Crippen LogP contribution in [0.2, 0.25) is 0 Å². The third kappa shape index (κ3) is 16.0. The monoisotopic (exact) mass is 785 g/mol. The van der Waals surface area contributed by atoms with E-state index in [-0.39, 0.29) is 12.7 Å². The maximum Gasteiger partial charge on any atom is 0.407 e. The van der Waals surface area contributed by atoms with Crippen molar-refractivity contribution >= 4 is 17.9 Å². The molecule has 0 aliphatic carbocycles. The zero-order valence-corrected chi connectivity index (χ0v) is 33.9. The van der Waals surface area contributed by atoms with Gasteiger partial charge >= 0.3 is 6.09 Å². The van der Waals surface area contributed by atoms with Crippen LogP contribution in [0.15, 0.2) is 121 Å². The summed E-state index contributed by atoms with van der Waals surface area (Å²) in [5.41, 5.74) is 3.73. The smallest absolute Gasteiger partial charge is 0.407 e. The van der Waals surface area contributed by atoms with Gasteiger partial charge in [0.1, 0.15) is 30.0 Å². The lowest BCUT2D eigenvalue weighted by Crippen LogP contribution is -2.61. The lowest BCUT2D eigenvalue weighted by atomic mass is 9.97. The molecule has 1 aliphatic rings. The number of ether oxygens (including phenoxy) is 7. The first-order valence-corrected chi connectivity index (χ1v) is 20.9. The molecule has 1 saturated heterocycles. The normalized spacial score (nSPS) is 19.7. The number of hydrogen-bond donors (Lipinski definition) is 1. The Bertz CT molecular complexity index is 1630. The van der Waals surface area contributed by atoms with Crippen LogP contribution in [0.5, 0.6) is 0 Å². The molecule has 0 unspecified atom stereocenters. The lowest BCUT2D eigenvalue weighted by Gasteiger charge is -2.46. The summed E-state index contributed by atoms with van der Waals surface area (Å²) < 4.78 is 45.3. The molecular formula is C46H59NO8S. The maximum absolute atomic E-state index is 11.9. The summed E-state index contributed by atoms with van der Waals surface area (Å²) in [6.07, 6.45) is -0.320. The number of nitrogens with one attached hydrogen (secondary N) is 1. The summed E-state index contributed by atoms with van der Waals surface area (Å²) in [5.74, 6) is 1.83. The van der Waals surface area contributed by atoms with Gasteiger partial charge in [-0.1, -0.05) is 128 Å². The fourth-order valence-electron chi connectivity index (χ4n) is 6.21. The molecule has 1 heterocycles. The van der Waals surface area contributed by atoms with E-state index in [1.807, 2.05) is 105 Å². The Labute approximate surface area is 337 Å². The van der Waals surface area contributed by atoms with Gasteiger partial charge in [0.2, 0.25) is 0 Å². The molecule has 0 spiro atoms. The van der Waals surface area contributed by atoms with Crippen molar-refractivity contribution < 1.29 is 38.0 Å². The van der Waals surface area contributed by atoms with Crippen LogP contribution in [0, 0.1) is 0 Å². The van der Waals surface area contributed by atoms with E-state index in [4.69, 9.17) is 33.2 Å². The first kappa shape index (κ1) is 43.4. The number of rotatable bonds is 23. The fourth-order valence-corrected chi connectivity index (χ4v) is 7.06. The average Bonchev–Trinajstić information content (AvgIpc) is 3.20. The Morgan fingerprint density at radius 1 is 0.607 bits per heavy atom. The summed E-state index contributed by atoms with van der Waals surface area (Å²) in [6.45, 7) is 8.49. The average molecular weight is 786 g/mol. The van der Waals surface area contributed by atoms with Crippen molar-refractivity contribution in [3.63, 3.8) is 0 Å². The summed E-state index contributed by atoms with van der Waals surface area (Å²) in [6, 6.07) is 40.5. The van der Waals surface area contributed by atoms with E-state index >= 15 is 0 Å². The van der Waals surface area contributed by atoms with E-state index in [0.29, 0.717) is 39.6 Å². The van der Waals surface area contributed by atoms with Gasteiger partial charge in [-0.15, -0.1) is 0 Å². The van der Waals surface area contributed by atoms with Crippen LogP contribution in [0.4, 0.5) is 4.79 Å². The van der Waals surface area contributed by atoms with Crippen molar-refractivity contribution in [2.45, 2.75) is 103 Å². The zero-order chi connectivity index (χ0) is 39.3. The van der Waals surface area contributed by atoms with E-state index in [1.54, 1.807) is 0 Å². The quantitative estimate of drug-likeness (QED) is 0.0740. The van der Waals surface area contributed by atoms with Crippen LogP contribution < -0.4 is 5.32 Å². The molecule has 9 nitrogen and oxygen atoms in total. The van der Waals surface area contributed by atoms with E-state index in [1.165, 1.54) is 0 Å². The third-order valence-corrected chi connectivity index (χ3v) is 10.0. The first-order valence-electron chi connectivity index (χ1n) is 19.7. The van der Waals surface area contributed by atoms with Crippen LogP contribution in [-0.2, 0) is 59.6 Å². The highest BCUT2D eigenvalue weighted by Gasteiger charge is 2.49. The number of benzene rings is 4. The second-order valence-corrected chi connectivity index (χ2v) is 16.0. The topological polar surface area (TPSA) is 93.7 Å². The van der Waals surface area contributed by atoms with E-state index in [9.17, 15) is 4.79 Å². The standard InChI is InChI=1S/C46H59NO8S/c1-46(2,3)55-45(48)47-27-30-56-29-18-8-17-28-50-44-43(53-34-39-25-15-7-16-26-39)42(52-33-38-23-13-6-14-24-38)41(51-32-37-21-11-5-12-22-37)40(54-44)35-49-31-36-19-9-4-10-20-36/h4-7,9-16,19-26,40-44H,8,17-18,27-35H2,1-3H3,(H,47,48)/t40-,41-,42+,43-,44-/m1/s1. The molecule has 1 aliphatic heterocycles. The molecule has 302 valence electrons. The number of carbonyl (C=O) groups excluding carboxylic acids is 1. The summed E-state index contributed by atoms with van der Waals surface area (Å²) >= 11 is 1.82. The summed E-state index contributed by atoms with van der Waals surface area (Å²) in [5, 5.41) is 2.82. The number of thioether (sulfide) groups is 1. The van der Waals surface area contributed by atoms with Gasteiger partial charge in [0.05, 0.1) is 33.0 Å². The molecule has 4 aromatic carbocycles. The minimum atomic E-state index is -0.713. The molecule has 0 saturated carbocycles. The zero-order valence-electron chi connectivity index (χ0n) is 33.1. The largest absolute Gasteiger partial charge is 0.444 e. The number of amides is 1. The summed E-state index contributed by atoms with van der Waals surface area (Å²) in [4.78, 5) is 11.9. The molecule has 0 aromatic heterocycles. The van der Waals surface area contributed by atoms with Crippen molar-refractivity contribution in [1.82, 2.24) is 5.32 Å². The van der Waals surface area contributed by atoms with E-state index in [2.05, 4.69) is 53.8 Å². The Kier molecular flexibility index (Phi) is 18.7. The predicted molar refractivity (Wildman–Crippen MR) is 221 cm³/mol. The molecule has 1 N–H and O–H groups in total. The lowest BCUT2D eigenvalue weighted by molar-refractivity contribution is -0.328. The highest BCUT2D eigenvalue weighted by atomic mass is 32.2. The van der Waals surface area contributed by atoms with Crippen molar-refractivity contribution in [1.29, 1.82) is 0 Å². The third-order valence-electron chi connectivity index (χ3n) is 8.97. The Balaban J connectivity index is 1.26. The molecule has 10 heteroatoms. The number of carbonyl (C=O) groups is 1. The minimum absolute atomic E-state index is 0.283. The number of hydrogen-bond acceptors (Lipinski definition) is 9. The number of unbranched alkanes of at least 4 members (excludes halogenated alkanes) is 2. The van der Waals surface area contributed by atoms with Crippen LogP contribution in [0.1, 0.15) is 62.3 Å². The molecule has 5 atom stereocenters. The van der Waals surface area contributed by atoms with Gasteiger partial charge in [0.15, 0.2) is 6.29 Å². The van der Waals surface area contributed by atoms with Crippen LogP contribution >= 0.6 is 11.8 Å². The highest BCUT2D eigenvalue weighted by Crippen LogP contribution is 2.32. The second kappa shape index (κ2) is 24.1. The Morgan fingerprint density at radius 2 is 1.11 bits per heavy atom. The molecule has 56 heavy (non-hydrogen) atoms. The SMILES string of the molecule is CC(C)(C)OC(=O)NCCSCCCCCO[C@@H]1O[C@H](COCc2ccccc2)[C@@H](OCc2ccccc2)[C@H](OCc2ccccc2)[C@H]1OCc1ccccc1. The first-order chi connectivity index (χ1) is 27.3. The molecular weight excluding hydrogens is 727 g/mol. The van der Waals surface area contributed by atoms with E-state index in [0.717, 1.165) is 53.0 Å². The predicted octanol–water partition coefficient (Wildman–Crippen LogP) is 9.13. The van der Waals surface area contributed by atoms with Crippen molar-refractivity contribution in [3.05, 3.63) is 144 Å². The Morgan fingerprint density at radius 3 is 1.64 bits per heavy atom. The molecule has 4 aromatic rings. The maximum atomic E-state index is 11.9. The van der Waals surface area contributed by atoms with Gasteiger partial charge < -0.3 is 38.5 Å². The molecule has 1 amide bonds. The van der Waals surface area contributed by atoms with Crippen LogP contribution in [-0.4, -0.2) is 73.7 Å². The van der Waals surface area contributed by atoms with Crippen molar-refractivity contribution in [2.24, 2.45) is 0 Å². The second-order valence-electron chi connectivity index (χ2n) is 14.8. The van der Waals surface area contributed by atoms with E-state index < -0.39 is 36.3 Å². The fraction of sp³-hybridized carbons (Fsp3) is 0.457. The minimum Gasteiger partial charge on any atom is -0.444 e. The number of alkyl carbamates (subject to hydrolysis) is 1. The Hall–Kier alpha value is -3.74. The van der Waals surface area contributed by atoms with Gasteiger partial charge in [-0.25, -0.2) is 4.79 Å². The van der Waals surface area contributed by atoms with Crippen LogP contribution in [0.25, 0.3) is 0 Å². The molecule has 5 rings (SSSR count).